The second kappa shape index (κ2) is 6.42. The van der Waals surface area contributed by atoms with Crippen molar-refractivity contribution in [3.05, 3.63) is 29.8 Å². The summed E-state index contributed by atoms with van der Waals surface area (Å²) in [6.07, 6.45) is 4.13. The predicted octanol–water partition coefficient (Wildman–Crippen LogP) is 2.87. The van der Waals surface area contributed by atoms with Crippen molar-refractivity contribution in [3.63, 3.8) is 0 Å². The highest BCUT2D eigenvalue weighted by Gasteiger charge is 2.23. The van der Waals surface area contributed by atoms with Crippen LogP contribution in [0.5, 0.6) is 5.75 Å². The summed E-state index contributed by atoms with van der Waals surface area (Å²) in [6, 6.07) is 10.5. The Morgan fingerprint density at radius 3 is 2.67 bits per heavy atom. The molecule has 1 saturated carbocycles. The molecule has 2 rings (SSSR count). The summed E-state index contributed by atoms with van der Waals surface area (Å²) in [7, 11) is 0. The Morgan fingerprint density at radius 1 is 1.39 bits per heavy atom. The van der Waals surface area contributed by atoms with E-state index in [-0.39, 0.29) is 6.61 Å². The molecule has 96 valence electrons. The Labute approximate surface area is 109 Å². The lowest BCUT2D eigenvalue weighted by atomic mass is 9.80. The van der Waals surface area contributed by atoms with Gasteiger partial charge in [0.25, 0.3) is 0 Å². The van der Waals surface area contributed by atoms with Crippen molar-refractivity contribution in [1.29, 1.82) is 5.26 Å². The van der Waals surface area contributed by atoms with Gasteiger partial charge >= 0.3 is 0 Å². The van der Waals surface area contributed by atoms with Crippen molar-refractivity contribution in [3.8, 4) is 11.8 Å². The number of benzene rings is 1. The van der Waals surface area contributed by atoms with E-state index in [0.29, 0.717) is 6.04 Å². The number of hydrogen-bond donors (Lipinski definition) is 1. The van der Waals surface area contributed by atoms with E-state index in [2.05, 4.69) is 12.2 Å². The van der Waals surface area contributed by atoms with Crippen LogP contribution in [0.3, 0.4) is 0 Å². The largest absolute Gasteiger partial charge is 0.479 e. The molecular formula is C15H20N2O. The van der Waals surface area contributed by atoms with Crippen molar-refractivity contribution < 1.29 is 4.74 Å². The lowest BCUT2D eigenvalue weighted by molar-refractivity contribution is 0.240. The molecule has 0 saturated heterocycles. The SMILES string of the molecule is CC(NCc1ccc(OCC#N)cc1)C1CCC1. The Bertz CT molecular complexity index is 403. The smallest absolute Gasteiger partial charge is 0.174 e. The van der Waals surface area contributed by atoms with Gasteiger partial charge in [-0.3, -0.25) is 0 Å². The maximum absolute atomic E-state index is 8.42. The number of nitrogens with zero attached hydrogens (tertiary/aromatic N) is 1. The standard InChI is InChI=1S/C15H20N2O/c1-12(14-3-2-4-14)17-11-13-5-7-15(8-6-13)18-10-9-16/h5-8,12,14,17H,2-4,10-11H2,1H3. The van der Waals surface area contributed by atoms with E-state index in [4.69, 9.17) is 10.00 Å². The average Bonchev–Trinajstić information content (AvgIpc) is 2.33. The fourth-order valence-electron chi connectivity index (χ4n) is 2.20. The first-order chi connectivity index (χ1) is 8.79. The van der Waals surface area contributed by atoms with Crippen LogP contribution in [0.4, 0.5) is 0 Å². The highest BCUT2D eigenvalue weighted by Crippen LogP contribution is 2.29. The molecule has 1 aromatic rings. The van der Waals surface area contributed by atoms with Gasteiger partial charge in [-0.2, -0.15) is 5.26 Å². The second-order valence-electron chi connectivity index (χ2n) is 4.95. The molecule has 1 aliphatic carbocycles. The van der Waals surface area contributed by atoms with Gasteiger partial charge < -0.3 is 10.1 Å². The fraction of sp³-hybridized carbons (Fsp3) is 0.533. The lowest BCUT2D eigenvalue weighted by Gasteiger charge is -2.32. The minimum atomic E-state index is 0.107. The third kappa shape index (κ3) is 3.48. The first-order valence-electron chi connectivity index (χ1n) is 6.61. The second-order valence-corrected chi connectivity index (χ2v) is 4.95. The monoisotopic (exact) mass is 244 g/mol. The quantitative estimate of drug-likeness (QED) is 0.837. The molecule has 1 unspecified atom stereocenters. The topological polar surface area (TPSA) is 45.0 Å². The lowest BCUT2D eigenvalue weighted by Crippen LogP contribution is -2.36. The van der Waals surface area contributed by atoms with E-state index in [0.717, 1.165) is 18.2 Å². The van der Waals surface area contributed by atoms with E-state index < -0.39 is 0 Å². The molecule has 18 heavy (non-hydrogen) atoms. The fourth-order valence-corrected chi connectivity index (χ4v) is 2.20. The molecule has 0 radical (unpaired) electrons. The van der Waals surface area contributed by atoms with E-state index >= 15 is 0 Å². The van der Waals surface area contributed by atoms with Gasteiger partial charge in [-0.25, -0.2) is 0 Å². The molecule has 1 fully saturated rings. The Hall–Kier alpha value is -1.53. The van der Waals surface area contributed by atoms with Crippen LogP contribution in [-0.2, 0) is 6.54 Å². The first-order valence-corrected chi connectivity index (χ1v) is 6.61. The highest BCUT2D eigenvalue weighted by atomic mass is 16.5. The van der Waals surface area contributed by atoms with Crippen molar-refractivity contribution in [2.75, 3.05) is 6.61 Å². The van der Waals surface area contributed by atoms with Gasteiger partial charge in [0.1, 0.15) is 11.8 Å². The van der Waals surface area contributed by atoms with Crippen molar-refractivity contribution in [2.24, 2.45) is 5.92 Å². The maximum Gasteiger partial charge on any atom is 0.174 e. The summed E-state index contributed by atoms with van der Waals surface area (Å²) in [5.41, 5.74) is 1.26. The van der Waals surface area contributed by atoms with Crippen LogP contribution >= 0.6 is 0 Å². The van der Waals surface area contributed by atoms with E-state index in [1.807, 2.05) is 30.3 Å². The Kier molecular flexibility index (Phi) is 4.60. The number of rotatable bonds is 6. The molecule has 3 heteroatoms. The van der Waals surface area contributed by atoms with Crippen LogP contribution in [0, 0.1) is 17.2 Å². The summed E-state index contributed by atoms with van der Waals surface area (Å²) in [5.74, 6) is 1.62. The third-order valence-electron chi connectivity index (χ3n) is 3.71. The van der Waals surface area contributed by atoms with Crippen LogP contribution < -0.4 is 10.1 Å². The minimum absolute atomic E-state index is 0.107. The van der Waals surface area contributed by atoms with Crippen molar-refractivity contribution >= 4 is 0 Å². The van der Waals surface area contributed by atoms with Gasteiger partial charge in [0, 0.05) is 12.6 Å². The first kappa shape index (κ1) is 12.9. The summed E-state index contributed by atoms with van der Waals surface area (Å²) in [4.78, 5) is 0. The zero-order valence-electron chi connectivity index (χ0n) is 10.9. The molecule has 0 bridgehead atoms. The normalized spacial score (nSPS) is 16.7. The average molecular weight is 244 g/mol. The van der Waals surface area contributed by atoms with E-state index in [1.165, 1.54) is 24.8 Å². The summed E-state index contributed by atoms with van der Waals surface area (Å²) < 4.78 is 5.22. The van der Waals surface area contributed by atoms with Crippen LogP contribution in [0.1, 0.15) is 31.7 Å². The molecule has 0 heterocycles. The van der Waals surface area contributed by atoms with Gasteiger partial charge in [-0.1, -0.05) is 18.6 Å². The van der Waals surface area contributed by atoms with Crippen LogP contribution in [0.15, 0.2) is 24.3 Å². The van der Waals surface area contributed by atoms with Gasteiger partial charge in [-0.05, 0) is 43.4 Å². The molecule has 1 atom stereocenters. The van der Waals surface area contributed by atoms with Gasteiger partial charge in [0.15, 0.2) is 6.61 Å². The molecule has 1 N–H and O–H groups in total. The molecule has 1 aromatic carbocycles. The summed E-state index contributed by atoms with van der Waals surface area (Å²) >= 11 is 0. The minimum Gasteiger partial charge on any atom is -0.479 e. The maximum atomic E-state index is 8.42. The van der Waals surface area contributed by atoms with Gasteiger partial charge in [-0.15, -0.1) is 0 Å². The molecule has 3 nitrogen and oxygen atoms in total. The summed E-state index contributed by atoms with van der Waals surface area (Å²) in [5, 5.41) is 12.0. The molecule has 0 aromatic heterocycles. The zero-order chi connectivity index (χ0) is 12.8. The van der Waals surface area contributed by atoms with Gasteiger partial charge in [0.2, 0.25) is 0 Å². The van der Waals surface area contributed by atoms with Crippen molar-refractivity contribution in [2.45, 2.75) is 38.8 Å². The molecular weight excluding hydrogens is 224 g/mol. The summed E-state index contributed by atoms with van der Waals surface area (Å²) in [6.45, 7) is 3.28. The number of nitriles is 1. The predicted molar refractivity (Wildman–Crippen MR) is 71.2 cm³/mol. The van der Waals surface area contributed by atoms with Crippen molar-refractivity contribution in [1.82, 2.24) is 5.32 Å². The van der Waals surface area contributed by atoms with E-state index in [9.17, 15) is 0 Å². The van der Waals surface area contributed by atoms with Crippen LogP contribution in [0.2, 0.25) is 0 Å². The molecule has 0 aliphatic heterocycles. The number of nitrogens with one attached hydrogen (secondary N) is 1. The van der Waals surface area contributed by atoms with Crippen LogP contribution in [-0.4, -0.2) is 12.6 Å². The Balaban J connectivity index is 1.77. The van der Waals surface area contributed by atoms with Gasteiger partial charge in [0.05, 0.1) is 0 Å². The highest BCUT2D eigenvalue weighted by molar-refractivity contribution is 5.27. The van der Waals surface area contributed by atoms with Crippen LogP contribution in [0.25, 0.3) is 0 Å². The third-order valence-corrected chi connectivity index (χ3v) is 3.71. The molecule has 0 amide bonds. The molecule has 1 aliphatic rings. The number of hydrogen-bond acceptors (Lipinski definition) is 3. The van der Waals surface area contributed by atoms with E-state index in [1.54, 1.807) is 0 Å². The zero-order valence-corrected chi connectivity index (χ0v) is 10.9. The Morgan fingerprint density at radius 2 is 2.11 bits per heavy atom. The number of ether oxygens (including phenoxy) is 1. The molecule has 0 spiro atoms.